The number of hydrogen-bond donors (Lipinski definition) is 0. The Kier molecular flexibility index (Phi) is 2.67. The first kappa shape index (κ1) is 12.3. The highest BCUT2D eigenvalue weighted by atomic mass is 16.1. The van der Waals surface area contributed by atoms with Gasteiger partial charge in [-0.1, -0.05) is 6.07 Å². The van der Waals surface area contributed by atoms with E-state index in [1.165, 1.54) is 18.4 Å². The summed E-state index contributed by atoms with van der Waals surface area (Å²) in [6.07, 6.45) is 10.2. The Bertz CT molecular complexity index is 826. The molecule has 1 aliphatic rings. The molecule has 0 amide bonds. The molecular formula is C16H16N4O. The van der Waals surface area contributed by atoms with Crippen LogP contribution in [0.4, 0.5) is 0 Å². The molecule has 0 saturated heterocycles. The molecule has 0 atom stereocenters. The second kappa shape index (κ2) is 4.55. The van der Waals surface area contributed by atoms with E-state index in [9.17, 15) is 4.79 Å². The van der Waals surface area contributed by atoms with Crippen LogP contribution in [0.25, 0.3) is 5.65 Å². The Labute approximate surface area is 122 Å². The van der Waals surface area contributed by atoms with Gasteiger partial charge in [-0.25, -0.2) is 4.98 Å². The quantitative estimate of drug-likeness (QED) is 0.690. The fourth-order valence-electron chi connectivity index (χ4n) is 2.59. The number of aromatic nitrogens is 4. The number of imidazole rings is 1. The van der Waals surface area contributed by atoms with Crippen LogP contribution >= 0.6 is 0 Å². The van der Waals surface area contributed by atoms with Crippen LogP contribution in [0.3, 0.4) is 0 Å². The number of rotatable bonds is 4. The Morgan fingerprint density at radius 1 is 1.29 bits per heavy atom. The standard InChI is InChI=1S/C16H16N4O/c1-11(21)14-6-17-20(8-14)10-15-9-19-7-13(12-2-3-12)4-5-16(19)18-15/h4-9,12H,2-3,10H2,1H3. The van der Waals surface area contributed by atoms with Crippen LogP contribution in [0.15, 0.2) is 36.9 Å². The normalized spacial score (nSPS) is 14.7. The number of ketones is 1. The van der Waals surface area contributed by atoms with Crippen molar-refractivity contribution in [1.82, 2.24) is 19.2 Å². The van der Waals surface area contributed by atoms with E-state index in [-0.39, 0.29) is 5.78 Å². The van der Waals surface area contributed by atoms with Crippen molar-refractivity contribution >= 4 is 11.4 Å². The lowest BCUT2D eigenvalue weighted by molar-refractivity contribution is 0.101. The fourth-order valence-corrected chi connectivity index (χ4v) is 2.59. The summed E-state index contributed by atoms with van der Waals surface area (Å²) in [6.45, 7) is 2.12. The van der Waals surface area contributed by atoms with E-state index in [0.29, 0.717) is 12.1 Å². The van der Waals surface area contributed by atoms with Crippen LogP contribution in [0.2, 0.25) is 0 Å². The van der Waals surface area contributed by atoms with Crippen LogP contribution in [0, 0.1) is 0 Å². The smallest absolute Gasteiger partial charge is 0.162 e. The van der Waals surface area contributed by atoms with Gasteiger partial charge in [-0.2, -0.15) is 5.10 Å². The van der Waals surface area contributed by atoms with Gasteiger partial charge in [-0.3, -0.25) is 9.48 Å². The Morgan fingerprint density at radius 3 is 2.86 bits per heavy atom. The van der Waals surface area contributed by atoms with Crippen molar-refractivity contribution in [2.24, 2.45) is 0 Å². The molecule has 21 heavy (non-hydrogen) atoms. The number of Topliss-reactive ketones (excluding diaryl/α,β-unsaturated/α-hetero) is 1. The predicted molar refractivity (Wildman–Crippen MR) is 78.5 cm³/mol. The summed E-state index contributed by atoms with van der Waals surface area (Å²) in [5, 5.41) is 4.21. The summed E-state index contributed by atoms with van der Waals surface area (Å²) >= 11 is 0. The Morgan fingerprint density at radius 2 is 2.14 bits per heavy atom. The van der Waals surface area contributed by atoms with Gasteiger partial charge in [0.05, 0.1) is 24.0 Å². The first-order chi connectivity index (χ1) is 10.2. The minimum absolute atomic E-state index is 0.0327. The van der Waals surface area contributed by atoms with Crippen molar-refractivity contribution in [3.63, 3.8) is 0 Å². The van der Waals surface area contributed by atoms with Crippen LogP contribution < -0.4 is 0 Å². The SMILES string of the molecule is CC(=O)c1cnn(Cc2cn3cc(C4CC4)ccc3n2)c1. The second-order valence-electron chi connectivity index (χ2n) is 5.72. The molecule has 3 heterocycles. The maximum atomic E-state index is 11.3. The molecule has 1 saturated carbocycles. The van der Waals surface area contributed by atoms with Gasteiger partial charge in [-0.05, 0) is 37.3 Å². The zero-order valence-electron chi connectivity index (χ0n) is 11.9. The molecule has 0 aromatic carbocycles. The molecule has 0 radical (unpaired) electrons. The molecule has 3 aromatic heterocycles. The summed E-state index contributed by atoms with van der Waals surface area (Å²) < 4.78 is 3.83. The van der Waals surface area contributed by atoms with E-state index in [1.807, 2.05) is 6.20 Å². The molecule has 5 nitrogen and oxygen atoms in total. The van der Waals surface area contributed by atoms with Crippen molar-refractivity contribution in [2.45, 2.75) is 32.2 Å². The van der Waals surface area contributed by atoms with Gasteiger partial charge >= 0.3 is 0 Å². The summed E-state index contributed by atoms with van der Waals surface area (Å²) in [5.41, 5.74) is 3.92. The van der Waals surface area contributed by atoms with Gasteiger partial charge < -0.3 is 4.40 Å². The monoisotopic (exact) mass is 280 g/mol. The highest BCUT2D eigenvalue weighted by Gasteiger charge is 2.23. The third-order valence-electron chi connectivity index (χ3n) is 3.94. The maximum absolute atomic E-state index is 11.3. The number of nitrogens with zero attached hydrogens (tertiary/aromatic N) is 4. The zero-order chi connectivity index (χ0) is 14.4. The topological polar surface area (TPSA) is 52.2 Å². The van der Waals surface area contributed by atoms with Crippen molar-refractivity contribution < 1.29 is 4.79 Å². The van der Waals surface area contributed by atoms with Crippen LogP contribution in [0.5, 0.6) is 0 Å². The van der Waals surface area contributed by atoms with Gasteiger partial charge in [0, 0.05) is 18.6 Å². The van der Waals surface area contributed by atoms with Crippen LogP contribution in [0.1, 0.15) is 47.3 Å². The van der Waals surface area contributed by atoms with Gasteiger partial charge in [0.15, 0.2) is 5.78 Å². The van der Waals surface area contributed by atoms with Gasteiger partial charge in [-0.15, -0.1) is 0 Å². The summed E-state index contributed by atoms with van der Waals surface area (Å²) in [5.74, 6) is 0.773. The van der Waals surface area contributed by atoms with E-state index in [1.54, 1.807) is 24.0 Å². The molecule has 1 fully saturated rings. The summed E-state index contributed by atoms with van der Waals surface area (Å²) in [7, 11) is 0. The predicted octanol–water partition coefficient (Wildman–Crippen LogP) is 2.66. The van der Waals surface area contributed by atoms with Gasteiger partial charge in [0.2, 0.25) is 0 Å². The van der Waals surface area contributed by atoms with E-state index >= 15 is 0 Å². The highest BCUT2D eigenvalue weighted by Crippen LogP contribution is 2.39. The largest absolute Gasteiger partial charge is 0.306 e. The first-order valence-corrected chi connectivity index (χ1v) is 7.20. The number of fused-ring (bicyclic) bond motifs is 1. The van der Waals surface area contributed by atoms with Crippen molar-refractivity contribution in [2.75, 3.05) is 0 Å². The lowest BCUT2D eigenvalue weighted by Crippen LogP contribution is -2.00. The average Bonchev–Trinajstić information content (AvgIpc) is 3.07. The molecule has 106 valence electrons. The molecule has 1 aliphatic carbocycles. The first-order valence-electron chi connectivity index (χ1n) is 7.20. The van der Waals surface area contributed by atoms with E-state index in [0.717, 1.165) is 17.3 Å². The van der Waals surface area contributed by atoms with Crippen LogP contribution in [-0.2, 0) is 6.54 Å². The minimum Gasteiger partial charge on any atom is -0.306 e. The molecule has 0 bridgehead atoms. The average molecular weight is 280 g/mol. The molecular weight excluding hydrogens is 264 g/mol. The molecule has 0 unspecified atom stereocenters. The van der Waals surface area contributed by atoms with Crippen molar-refractivity contribution in [3.8, 4) is 0 Å². The van der Waals surface area contributed by atoms with E-state index in [2.05, 4.69) is 32.8 Å². The molecule has 0 spiro atoms. The van der Waals surface area contributed by atoms with Gasteiger partial charge in [0.25, 0.3) is 0 Å². The lowest BCUT2D eigenvalue weighted by atomic mass is 10.2. The number of carbonyl (C=O) groups excluding carboxylic acids is 1. The minimum atomic E-state index is 0.0327. The lowest BCUT2D eigenvalue weighted by Gasteiger charge is -1.98. The highest BCUT2D eigenvalue weighted by molar-refractivity contribution is 5.93. The third-order valence-corrected chi connectivity index (χ3v) is 3.94. The number of pyridine rings is 1. The second-order valence-corrected chi connectivity index (χ2v) is 5.72. The molecule has 4 rings (SSSR count). The molecule has 0 N–H and O–H groups in total. The molecule has 5 heteroatoms. The van der Waals surface area contributed by atoms with E-state index < -0.39 is 0 Å². The Balaban J connectivity index is 1.61. The summed E-state index contributed by atoms with van der Waals surface area (Å²) in [4.78, 5) is 15.9. The van der Waals surface area contributed by atoms with Gasteiger partial charge in [0.1, 0.15) is 5.65 Å². The van der Waals surface area contributed by atoms with Crippen molar-refractivity contribution in [1.29, 1.82) is 0 Å². The number of hydrogen-bond acceptors (Lipinski definition) is 3. The zero-order valence-corrected chi connectivity index (χ0v) is 11.9. The molecule has 0 aliphatic heterocycles. The fraction of sp³-hybridized carbons (Fsp3) is 0.312. The van der Waals surface area contributed by atoms with E-state index in [4.69, 9.17) is 0 Å². The summed E-state index contributed by atoms with van der Waals surface area (Å²) in [6, 6.07) is 4.24. The van der Waals surface area contributed by atoms with Crippen LogP contribution in [-0.4, -0.2) is 24.9 Å². The number of carbonyl (C=O) groups is 1. The maximum Gasteiger partial charge on any atom is 0.162 e. The molecule has 3 aromatic rings. The Hall–Kier alpha value is -2.43. The third kappa shape index (κ3) is 2.35. The van der Waals surface area contributed by atoms with Crippen molar-refractivity contribution in [3.05, 3.63) is 53.7 Å².